The number of amides is 2. The monoisotopic (exact) mass is 372 g/mol. The highest BCUT2D eigenvalue weighted by atomic mass is 19.1. The molecule has 5 nitrogen and oxygen atoms in total. The van der Waals surface area contributed by atoms with Gasteiger partial charge in [0.05, 0.1) is 6.54 Å². The van der Waals surface area contributed by atoms with Gasteiger partial charge in [-0.1, -0.05) is 31.5 Å². The molecule has 1 atom stereocenters. The van der Waals surface area contributed by atoms with E-state index in [1.165, 1.54) is 24.3 Å². The van der Waals surface area contributed by atoms with Crippen molar-refractivity contribution in [2.75, 3.05) is 13.2 Å². The van der Waals surface area contributed by atoms with Gasteiger partial charge in [-0.15, -0.1) is 0 Å². The lowest BCUT2D eigenvalue weighted by atomic mass is 10.0. The number of carbonyl (C=O) groups is 2. The molecule has 0 radical (unpaired) electrons. The molecule has 0 aliphatic rings. The first kappa shape index (κ1) is 20.4. The summed E-state index contributed by atoms with van der Waals surface area (Å²) in [4.78, 5) is 24.8. The normalized spacial score (nSPS) is 11.7. The molecule has 0 saturated heterocycles. The Hall–Kier alpha value is -2.89. The fourth-order valence-corrected chi connectivity index (χ4v) is 2.45. The largest absolute Gasteiger partial charge is 0.492 e. The first-order valence-electron chi connectivity index (χ1n) is 8.90. The maximum Gasteiger partial charge on any atom is 0.251 e. The lowest BCUT2D eigenvalue weighted by molar-refractivity contribution is -0.124. The third-order valence-electron chi connectivity index (χ3n) is 4.03. The Morgan fingerprint density at radius 2 is 1.67 bits per heavy atom. The Labute approximate surface area is 158 Å². The summed E-state index contributed by atoms with van der Waals surface area (Å²) < 4.78 is 18.3. The molecule has 6 heteroatoms. The highest BCUT2D eigenvalue weighted by Gasteiger charge is 2.24. The van der Waals surface area contributed by atoms with Crippen molar-refractivity contribution in [1.29, 1.82) is 0 Å². The van der Waals surface area contributed by atoms with Crippen molar-refractivity contribution in [3.63, 3.8) is 0 Å². The summed E-state index contributed by atoms with van der Waals surface area (Å²) in [6.07, 6.45) is 0. The van der Waals surface area contributed by atoms with Gasteiger partial charge in [0, 0.05) is 5.56 Å². The van der Waals surface area contributed by atoms with Crippen LogP contribution >= 0.6 is 0 Å². The van der Waals surface area contributed by atoms with Crippen LogP contribution in [0.2, 0.25) is 0 Å². The zero-order chi connectivity index (χ0) is 19.8. The van der Waals surface area contributed by atoms with Crippen LogP contribution in [0.1, 0.15) is 29.8 Å². The second-order valence-corrected chi connectivity index (χ2v) is 6.65. The molecule has 0 aliphatic heterocycles. The van der Waals surface area contributed by atoms with Gasteiger partial charge in [-0.05, 0) is 49.2 Å². The lowest BCUT2D eigenvalue weighted by Crippen LogP contribution is -2.50. The topological polar surface area (TPSA) is 67.4 Å². The van der Waals surface area contributed by atoms with Crippen LogP contribution in [-0.2, 0) is 4.79 Å². The van der Waals surface area contributed by atoms with Crippen LogP contribution in [0.4, 0.5) is 4.39 Å². The van der Waals surface area contributed by atoms with E-state index in [-0.39, 0.29) is 36.7 Å². The van der Waals surface area contributed by atoms with E-state index in [0.29, 0.717) is 11.3 Å². The van der Waals surface area contributed by atoms with Crippen LogP contribution in [0.25, 0.3) is 0 Å². The standard InChI is InChI=1S/C21H25FN2O3/c1-14(2)19(24-20(25)16-6-4-15(3)5-7-16)21(26)23-12-13-27-18-10-8-17(22)9-11-18/h4-11,14,19H,12-13H2,1-3H3,(H,23,26)(H,24,25). The van der Waals surface area contributed by atoms with Gasteiger partial charge in [-0.25, -0.2) is 4.39 Å². The van der Waals surface area contributed by atoms with E-state index in [1.54, 1.807) is 12.1 Å². The van der Waals surface area contributed by atoms with Crippen molar-refractivity contribution in [3.8, 4) is 5.75 Å². The lowest BCUT2D eigenvalue weighted by Gasteiger charge is -2.22. The molecular weight excluding hydrogens is 347 g/mol. The van der Waals surface area contributed by atoms with Crippen LogP contribution in [0.15, 0.2) is 48.5 Å². The van der Waals surface area contributed by atoms with Gasteiger partial charge in [0.25, 0.3) is 5.91 Å². The van der Waals surface area contributed by atoms with Crippen molar-refractivity contribution in [1.82, 2.24) is 10.6 Å². The molecule has 0 fully saturated rings. The van der Waals surface area contributed by atoms with Crippen LogP contribution in [0, 0.1) is 18.7 Å². The number of aryl methyl sites for hydroxylation is 1. The summed E-state index contributed by atoms with van der Waals surface area (Å²) in [5.74, 6) is -0.435. The number of hydrogen-bond donors (Lipinski definition) is 2. The number of nitrogens with one attached hydrogen (secondary N) is 2. The van der Waals surface area contributed by atoms with Crippen molar-refractivity contribution in [2.45, 2.75) is 26.8 Å². The van der Waals surface area contributed by atoms with Crippen LogP contribution in [0.5, 0.6) is 5.75 Å². The maximum absolute atomic E-state index is 12.8. The third-order valence-corrected chi connectivity index (χ3v) is 4.03. The number of ether oxygens (including phenoxy) is 1. The predicted octanol–water partition coefficient (Wildman–Crippen LogP) is 3.08. The van der Waals surface area contributed by atoms with E-state index in [0.717, 1.165) is 5.56 Å². The fourth-order valence-electron chi connectivity index (χ4n) is 2.45. The van der Waals surface area contributed by atoms with Gasteiger partial charge in [0.15, 0.2) is 0 Å². The SMILES string of the molecule is Cc1ccc(C(=O)NC(C(=O)NCCOc2ccc(F)cc2)C(C)C)cc1. The maximum atomic E-state index is 12.8. The Morgan fingerprint density at radius 3 is 2.26 bits per heavy atom. The van der Waals surface area contributed by atoms with Gasteiger partial charge in [-0.3, -0.25) is 9.59 Å². The summed E-state index contributed by atoms with van der Waals surface area (Å²) in [7, 11) is 0. The van der Waals surface area contributed by atoms with Crippen LogP contribution < -0.4 is 15.4 Å². The van der Waals surface area contributed by atoms with E-state index in [1.807, 2.05) is 32.9 Å². The summed E-state index contributed by atoms with van der Waals surface area (Å²) in [6.45, 7) is 6.21. The van der Waals surface area contributed by atoms with Crippen molar-refractivity contribution < 1.29 is 18.7 Å². The average molecular weight is 372 g/mol. The Bertz CT molecular complexity index is 758. The van der Waals surface area contributed by atoms with Crippen molar-refractivity contribution in [2.24, 2.45) is 5.92 Å². The zero-order valence-electron chi connectivity index (χ0n) is 15.8. The molecule has 2 N–H and O–H groups in total. The molecule has 0 heterocycles. The molecule has 144 valence electrons. The minimum absolute atomic E-state index is 0.0718. The number of rotatable bonds is 8. The number of halogens is 1. The molecule has 0 aliphatic carbocycles. The van der Waals surface area contributed by atoms with E-state index in [9.17, 15) is 14.0 Å². The minimum Gasteiger partial charge on any atom is -0.492 e. The summed E-state index contributed by atoms with van der Waals surface area (Å²) in [5, 5.41) is 5.54. The molecule has 0 spiro atoms. The van der Waals surface area contributed by atoms with Gasteiger partial charge >= 0.3 is 0 Å². The number of benzene rings is 2. The summed E-state index contributed by atoms with van der Waals surface area (Å²) >= 11 is 0. The molecule has 2 aromatic rings. The highest BCUT2D eigenvalue weighted by Crippen LogP contribution is 2.10. The molecule has 1 unspecified atom stereocenters. The number of carbonyl (C=O) groups excluding carboxylic acids is 2. The molecule has 2 aromatic carbocycles. The molecule has 0 bridgehead atoms. The van der Waals surface area contributed by atoms with E-state index < -0.39 is 6.04 Å². The predicted molar refractivity (Wildman–Crippen MR) is 102 cm³/mol. The van der Waals surface area contributed by atoms with Gasteiger partial charge in [0.1, 0.15) is 24.2 Å². The second-order valence-electron chi connectivity index (χ2n) is 6.65. The summed E-state index contributed by atoms with van der Waals surface area (Å²) in [6, 6.07) is 12.2. The second kappa shape index (κ2) is 9.71. The third kappa shape index (κ3) is 6.40. The molecule has 0 aromatic heterocycles. The first-order chi connectivity index (χ1) is 12.9. The quantitative estimate of drug-likeness (QED) is 0.700. The van der Waals surface area contributed by atoms with E-state index >= 15 is 0 Å². The minimum atomic E-state index is -0.648. The van der Waals surface area contributed by atoms with Crippen molar-refractivity contribution in [3.05, 3.63) is 65.5 Å². The fraction of sp³-hybridized carbons (Fsp3) is 0.333. The van der Waals surface area contributed by atoms with E-state index in [2.05, 4.69) is 10.6 Å². The Balaban J connectivity index is 1.84. The number of hydrogen-bond acceptors (Lipinski definition) is 3. The van der Waals surface area contributed by atoms with Gasteiger partial charge < -0.3 is 15.4 Å². The summed E-state index contributed by atoms with van der Waals surface area (Å²) in [5.41, 5.74) is 1.57. The van der Waals surface area contributed by atoms with Crippen LogP contribution in [-0.4, -0.2) is 31.0 Å². The average Bonchev–Trinajstić information content (AvgIpc) is 2.64. The smallest absolute Gasteiger partial charge is 0.251 e. The highest BCUT2D eigenvalue weighted by molar-refractivity contribution is 5.97. The molecule has 0 saturated carbocycles. The molecular formula is C21H25FN2O3. The van der Waals surface area contributed by atoms with Gasteiger partial charge in [0.2, 0.25) is 5.91 Å². The zero-order valence-corrected chi connectivity index (χ0v) is 15.8. The van der Waals surface area contributed by atoms with Crippen LogP contribution in [0.3, 0.4) is 0 Å². The molecule has 2 amide bonds. The Kier molecular flexibility index (Phi) is 7.34. The van der Waals surface area contributed by atoms with Crippen molar-refractivity contribution >= 4 is 11.8 Å². The van der Waals surface area contributed by atoms with Gasteiger partial charge in [-0.2, -0.15) is 0 Å². The first-order valence-corrected chi connectivity index (χ1v) is 8.90. The Morgan fingerprint density at radius 1 is 1.04 bits per heavy atom. The molecule has 27 heavy (non-hydrogen) atoms. The van der Waals surface area contributed by atoms with E-state index in [4.69, 9.17) is 4.74 Å². The molecule has 2 rings (SSSR count).